The molecule has 0 spiro atoms. The number of halogens is 2. The van der Waals surface area contributed by atoms with Crippen LogP contribution >= 0.6 is 11.6 Å². The SMILES string of the molecule is CC(C)c1[c-]cc(Cl)cc1.[Br-].[Mg+2]. The van der Waals surface area contributed by atoms with Crippen LogP contribution in [-0.4, -0.2) is 23.1 Å². The summed E-state index contributed by atoms with van der Waals surface area (Å²) >= 11 is 5.69. The molecule has 1 aromatic carbocycles. The largest absolute Gasteiger partial charge is 2.00 e. The van der Waals surface area contributed by atoms with Gasteiger partial charge in [-0.3, -0.25) is 0 Å². The van der Waals surface area contributed by atoms with Crippen LogP contribution in [0.1, 0.15) is 25.3 Å². The third-order valence-electron chi connectivity index (χ3n) is 1.42. The molecule has 0 N–H and O–H groups in total. The zero-order chi connectivity index (χ0) is 7.56. The molecule has 0 saturated heterocycles. The van der Waals surface area contributed by atoms with Crippen LogP contribution in [0.4, 0.5) is 0 Å². The Hall–Kier alpha value is 0.756. The number of rotatable bonds is 1. The molecule has 0 saturated carbocycles. The van der Waals surface area contributed by atoms with Gasteiger partial charge in [-0.15, -0.1) is 0 Å². The molecule has 0 aromatic heterocycles. The molecule has 1 aromatic rings. The fraction of sp³-hybridized carbons (Fsp3) is 0.333. The Morgan fingerprint density at radius 3 is 2.25 bits per heavy atom. The Balaban J connectivity index is 0. The first-order valence-electron chi connectivity index (χ1n) is 3.37. The van der Waals surface area contributed by atoms with Crippen LogP contribution in [0, 0.1) is 6.07 Å². The van der Waals surface area contributed by atoms with Crippen molar-refractivity contribution >= 4 is 34.7 Å². The smallest absolute Gasteiger partial charge is 1.00 e. The van der Waals surface area contributed by atoms with Crippen LogP contribution in [0.3, 0.4) is 0 Å². The van der Waals surface area contributed by atoms with E-state index in [1.807, 2.05) is 12.1 Å². The second-order valence-electron chi connectivity index (χ2n) is 2.62. The summed E-state index contributed by atoms with van der Waals surface area (Å²) in [5.41, 5.74) is 1.21. The third kappa shape index (κ3) is 4.70. The molecule has 0 aliphatic rings. The van der Waals surface area contributed by atoms with E-state index in [-0.39, 0.29) is 40.0 Å². The van der Waals surface area contributed by atoms with Crippen LogP contribution < -0.4 is 17.0 Å². The zero-order valence-electron chi connectivity index (χ0n) is 7.27. The monoisotopic (exact) mass is 256 g/mol. The summed E-state index contributed by atoms with van der Waals surface area (Å²) in [6.45, 7) is 4.28. The van der Waals surface area contributed by atoms with E-state index in [0.29, 0.717) is 5.92 Å². The van der Waals surface area contributed by atoms with Crippen molar-refractivity contribution in [3.63, 3.8) is 0 Å². The standard InChI is InChI=1S/C9H10Cl.BrH.Mg/c1-7(2)8-3-5-9(10)6-4-8;;/h3,5-7H,1-2H3;1H;/q-1;;+2/p-1. The van der Waals surface area contributed by atoms with E-state index < -0.39 is 0 Å². The second-order valence-corrected chi connectivity index (χ2v) is 3.05. The predicted molar refractivity (Wildman–Crippen MR) is 50.1 cm³/mol. The Labute approximate surface area is 106 Å². The van der Waals surface area contributed by atoms with Crippen LogP contribution in [-0.2, 0) is 0 Å². The Bertz CT molecular complexity index is 208. The quantitative estimate of drug-likeness (QED) is 0.487. The molecule has 0 atom stereocenters. The van der Waals surface area contributed by atoms with Crippen molar-refractivity contribution in [1.82, 2.24) is 0 Å². The van der Waals surface area contributed by atoms with Gasteiger partial charge in [-0.2, -0.15) is 41.4 Å². The number of hydrogen-bond donors (Lipinski definition) is 0. The van der Waals surface area contributed by atoms with Crippen LogP contribution in [0.2, 0.25) is 5.02 Å². The maximum atomic E-state index is 5.69. The molecule has 0 radical (unpaired) electrons. The van der Waals surface area contributed by atoms with E-state index in [1.165, 1.54) is 5.56 Å². The average molecular weight is 258 g/mol. The van der Waals surface area contributed by atoms with Gasteiger partial charge in [0.25, 0.3) is 0 Å². The molecule has 3 heteroatoms. The number of benzene rings is 1. The molecule has 0 unspecified atom stereocenters. The van der Waals surface area contributed by atoms with Gasteiger partial charge in [-0.05, 0) is 5.92 Å². The van der Waals surface area contributed by atoms with Crippen molar-refractivity contribution in [3.8, 4) is 0 Å². The first kappa shape index (κ1) is 15.2. The molecular formula is C9H10BrClMg. The summed E-state index contributed by atoms with van der Waals surface area (Å²) in [6, 6.07) is 8.81. The van der Waals surface area contributed by atoms with Gasteiger partial charge in [-0.1, -0.05) is 18.9 Å². The van der Waals surface area contributed by atoms with Crippen molar-refractivity contribution in [2.75, 3.05) is 0 Å². The van der Waals surface area contributed by atoms with E-state index in [1.54, 1.807) is 6.07 Å². The van der Waals surface area contributed by atoms with Gasteiger partial charge in [0.05, 0.1) is 0 Å². The molecule has 1 rings (SSSR count). The normalized spacial score (nSPS) is 8.67. The van der Waals surface area contributed by atoms with Crippen molar-refractivity contribution in [2.45, 2.75) is 19.8 Å². The van der Waals surface area contributed by atoms with Crippen LogP contribution in [0.5, 0.6) is 0 Å². The summed E-state index contributed by atoms with van der Waals surface area (Å²) < 4.78 is 0. The summed E-state index contributed by atoms with van der Waals surface area (Å²) in [7, 11) is 0. The van der Waals surface area contributed by atoms with E-state index in [9.17, 15) is 0 Å². The summed E-state index contributed by atoms with van der Waals surface area (Å²) in [6.07, 6.45) is 0. The minimum atomic E-state index is 0. The van der Waals surface area contributed by atoms with E-state index in [2.05, 4.69) is 19.9 Å². The molecule has 0 heterocycles. The van der Waals surface area contributed by atoms with Gasteiger partial charge in [0, 0.05) is 0 Å². The van der Waals surface area contributed by atoms with Gasteiger partial charge in [0.2, 0.25) is 0 Å². The van der Waals surface area contributed by atoms with E-state index in [0.717, 1.165) is 5.02 Å². The van der Waals surface area contributed by atoms with Crippen LogP contribution in [0.15, 0.2) is 18.2 Å². The van der Waals surface area contributed by atoms with Gasteiger partial charge in [-0.25, -0.2) is 0 Å². The minimum Gasteiger partial charge on any atom is -1.00 e. The maximum Gasteiger partial charge on any atom is 2.00 e. The Kier molecular flexibility index (Phi) is 9.13. The second kappa shape index (κ2) is 7.19. The first-order chi connectivity index (χ1) is 4.70. The molecule has 0 aliphatic heterocycles. The number of hydrogen-bond acceptors (Lipinski definition) is 0. The topological polar surface area (TPSA) is 0 Å². The van der Waals surface area contributed by atoms with E-state index in [4.69, 9.17) is 11.6 Å². The summed E-state index contributed by atoms with van der Waals surface area (Å²) in [5, 5.41) is 0.754. The first-order valence-corrected chi connectivity index (χ1v) is 3.75. The molecule has 0 amide bonds. The van der Waals surface area contributed by atoms with Crippen molar-refractivity contribution in [2.24, 2.45) is 0 Å². The Morgan fingerprint density at radius 1 is 1.33 bits per heavy atom. The average Bonchev–Trinajstić information content (AvgIpc) is 1.88. The zero-order valence-corrected chi connectivity index (χ0v) is 11.0. The molecule has 0 fully saturated rings. The fourth-order valence-electron chi connectivity index (χ4n) is 0.777. The predicted octanol–water partition coefficient (Wildman–Crippen LogP) is -0.113. The fourth-order valence-corrected chi connectivity index (χ4v) is 0.895. The summed E-state index contributed by atoms with van der Waals surface area (Å²) in [4.78, 5) is 0. The summed E-state index contributed by atoms with van der Waals surface area (Å²) in [5.74, 6) is 0.539. The molecule has 62 valence electrons. The van der Waals surface area contributed by atoms with Crippen molar-refractivity contribution < 1.29 is 17.0 Å². The van der Waals surface area contributed by atoms with Gasteiger partial charge >= 0.3 is 23.1 Å². The van der Waals surface area contributed by atoms with Gasteiger partial charge < -0.3 is 17.0 Å². The van der Waals surface area contributed by atoms with Crippen molar-refractivity contribution in [1.29, 1.82) is 0 Å². The van der Waals surface area contributed by atoms with Gasteiger partial charge in [0.15, 0.2) is 0 Å². The molecule has 12 heavy (non-hydrogen) atoms. The maximum absolute atomic E-state index is 5.69. The van der Waals surface area contributed by atoms with E-state index >= 15 is 0 Å². The van der Waals surface area contributed by atoms with Gasteiger partial charge in [0.1, 0.15) is 0 Å². The van der Waals surface area contributed by atoms with Crippen molar-refractivity contribution in [3.05, 3.63) is 34.9 Å². The molecule has 0 aliphatic carbocycles. The molecule has 0 nitrogen and oxygen atoms in total. The van der Waals surface area contributed by atoms with Crippen LogP contribution in [0.25, 0.3) is 0 Å². The molecular weight excluding hydrogens is 248 g/mol. The molecule has 0 bridgehead atoms. The third-order valence-corrected chi connectivity index (χ3v) is 1.66. The minimum absolute atomic E-state index is 0. The Morgan fingerprint density at radius 2 is 1.92 bits per heavy atom.